The molecule has 0 bridgehead atoms. The van der Waals surface area contributed by atoms with E-state index in [0.29, 0.717) is 17.7 Å². The molecule has 0 atom stereocenters. The number of ketones is 1. The molecule has 0 spiro atoms. The maximum atomic E-state index is 12.1. The minimum absolute atomic E-state index is 0.101. The second kappa shape index (κ2) is 9.68. The summed E-state index contributed by atoms with van der Waals surface area (Å²) in [5, 5.41) is 2.70. The minimum atomic E-state index is -0.590. The molecule has 0 aliphatic heterocycles. The van der Waals surface area contributed by atoms with Gasteiger partial charge in [-0.1, -0.05) is 35.0 Å². The molecule has 2 aromatic rings. The SMILES string of the molecule is CCC(=O)Nc1ccc(C(=O)COC(=O)/C=C/c2ccc(Br)cc2)cc1. The fraction of sp³-hybridized carbons (Fsp3) is 0.150. The molecular formula is C20H18BrNO4. The average molecular weight is 416 g/mol. The van der Waals surface area contributed by atoms with E-state index in [1.165, 1.54) is 6.08 Å². The number of benzene rings is 2. The lowest BCUT2D eigenvalue weighted by atomic mass is 10.1. The number of esters is 1. The zero-order valence-corrected chi connectivity index (χ0v) is 15.8. The van der Waals surface area contributed by atoms with Crippen LogP contribution in [0.15, 0.2) is 59.1 Å². The van der Waals surface area contributed by atoms with Crippen LogP contribution in [0.25, 0.3) is 6.08 Å². The molecule has 0 radical (unpaired) electrons. The number of anilines is 1. The van der Waals surface area contributed by atoms with E-state index < -0.39 is 5.97 Å². The molecule has 0 saturated heterocycles. The van der Waals surface area contributed by atoms with Gasteiger partial charge in [0.2, 0.25) is 5.91 Å². The number of rotatable bonds is 7. The van der Waals surface area contributed by atoms with Crippen molar-refractivity contribution in [1.82, 2.24) is 0 Å². The minimum Gasteiger partial charge on any atom is -0.454 e. The quantitative estimate of drug-likeness (QED) is 0.417. The monoisotopic (exact) mass is 415 g/mol. The maximum Gasteiger partial charge on any atom is 0.331 e. The van der Waals surface area contributed by atoms with Crippen molar-refractivity contribution < 1.29 is 19.1 Å². The van der Waals surface area contributed by atoms with Crippen LogP contribution in [0.1, 0.15) is 29.3 Å². The van der Waals surface area contributed by atoms with Crippen LogP contribution in [0.4, 0.5) is 5.69 Å². The number of carbonyl (C=O) groups is 3. The van der Waals surface area contributed by atoms with E-state index in [1.54, 1.807) is 37.3 Å². The third-order valence-electron chi connectivity index (χ3n) is 3.44. The van der Waals surface area contributed by atoms with E-state index in [1.807, 2.05) is 24.3 Å². The predicted octanol–water partition coefficient (Wildman–Crippen LogP) is 4.24. The second-order valence-corrected chi connectivity index (χ2v) is 6.31. The summed E-state index contributed by atoms with van der Waals surface area (Å²) in [4.78, 5) is 35.1. The number of Topliss-reactive ketones (excluding diaryl/α,β-unsaturated/α-hetero) is 1. The highest BCUT2D eigenvalue weighted by Crippen LogP contribution is 2.12. The third-order valence-corrected chi connectivity index (χ3v) is 3.97. The van der Waals surface area contributed by atoms with Crippen molar-refractivity contribution in [2.45, 2.75) is 13.3 Å². The van der Waals surface area contributed by atoms with Crippen LogP contribution in [-0.4, -0.2) is 24.3 Å². The van der Waals surface area contributed by atoms with Crippen LogP contribution in [0.5, 0.6) is 0 Å². The summed E-state index contributed by atoms with van der Waals surface area (Å²) in [6.07, 6.45) is 3.27. The first-order chi connectivity index (χ1) is 12.5. The summed E-state index contributed by atoms with van der Waals surface area (Å²) >= 11 is 3.33. The lowest BCUT2D eigenvalue weighted by Crippen LogP contribution is -2.13. The number of hydrogen-bond donors (Lipinski definition) is 1. The lowest BCUT2D eigenvalue weighted by molar-refractivity contribution is -0.136. The van der Waals surface area contributed by atoms with E-state index in [4.69, 9.17) is 4.74 Å². The fourth-order valence-corrected chi connectivity index (χ4v) is 2.26. The highest BCUT2D eigenvalue weighted by atomic mass is 79.9. The van der Waals surface area contributed by atoms with Crippen LogP contribution in [0.2, 0.25) is 0 Å². The molecule has 5 nitrogen and oxygen atoms in total. The number of amides is 1. The van der Waals surface area contributed by atoms with Gasteiger partial charge in [0, 0.05) is 28.2 Å². The Morgan fingerprint density at radius 3 is 2.31 bits per heavy atom. The smallest absolute Gasteiger partial charge is 0.331 e. The average Bonchev–Trinajstić information content (AvgIpc) is 2.66. The molecule has 26 heavy (non-hydrogen) atoms. The van der Waals surface area contributed by atoms with Crippen molar-refractivity contribution in [1.29, 1.82) is 0 Å². The topological polar surface area (TPSA) is 72.5 Å². The number of nitrogens with one attached hydrogen (secondary N) is 1. The molecule has 134 valence electrons. The van der Waals surface area contributed by atoms with Gasteiger partial charge in [-0.25, -0.2) is 4.79 Å². The Morgan fingerprint density at radius 2 is 1.69 bits per heavy atom. The van der Waals surface area contributed by atoms with Gasteiger partial charge in [-0.05, 0) is 48.0 Å². The Balaban J connectivity index is 1.84. The van der Waals surface area contributed by atoms with E-state index in [-0.39, 0.29) is 18.3 Å². The predicted molar refractivity (Wildman–Crippen MR) is 104 cm³/mol. The van der Waals surface area contributed by atoms with E-state index in [9.17, 15) is 14.4 Å². The third kappa shape index (κ3) is 6.29. The first-order valence-electron chi connectivity index (χ1n) is 8.01. The zero-order valence-electron chi connectivity index (χ0n) is 14.2. The van der Waals surface area contributed by atoms with Gasteiger partial charge in [0.1, 0.15) is 0 Å². The Bertz CT molecular complexity index is 811. The van der Waals surface area contributed by atoms with Crippen molar-refractivity contribution in [3.8, 4) is 0 Å². The van der Waals surface area contributed by atoms with Gasteiger partial charge in [0.15, 0.2) is 12.4 Å². The number of hydrogen-bond acceptors (Lipinski definition) is 4. The largest absolute Gasteiger partial charge is 0.454 e. The van der Waals surface area contributed by atoms with Gasteiger partial charge in [-0.3, -0.25) is 9.59 Å². The summed E-state index contributed by atoms with van der Waals surface area (Å²) in [6, 6.07) is 13.8. The van der Waals surface area contributed by atoms with Gasteiger partial charge in [0.25, 0.3) is 0 Å². The van der Waals surface area contributed by atoms with Crippen LogP contribution in [0.3, 0.4) is 0 Å². The van der Waals surface area contributed by atoms with Crippen molar-refractivity contribution in [2.24, 2.45) is 0 Å². The number of carbonyl (C=O) groups excluding carboxylic acids is 3. The molecule has 0 heterocycles. The van der Waals surface area contributed by atoms with Gasteiger partial charge < -0.3 is 10.1 Å². The molecule has 0 aliphatic carbocycles. The lowest BCUT2D eigenvalue weighted by Gasteiger charge is -2.05. The van der Waals surface area contributed by atoms with Crippen LogP contribution in [-0.2, 0) is 14.3 Å². The number of halogens is 1. The van der Waals surface area contributed by atoms with E-state index in [0.717, 1.165) is 10.0 Å². The van der Waals surface area contributed by atoms with Crippen LogP contribution >= 0.6 is 15.9 Å². The maximum absolute atomic E-state index is 12.1. The summed E-state index contributed by atoms with van der Waals surface area (Å²) in [6.45, 7) is 1.41. The molecule has 2 rings (SSSR count). The summed E-state index contributed by atoms with van der Waals surface area (Å²) in [7, 11) is 0. The van der Waals surface area contributed by atoms with Crippen LogP contribution < -0.4 is 5.32 Å². The standard InChI is InChI=1S/C20H18BrNO4/c1-2-19(24)22-17-10-6-15(7-11-17)18(23)13-26-20(25)12-5-14-3-8-16(21)9-4-14/h3-12H,2,13H2,1H3,(H,22,24)/b12-5+. The normalized spacial score (nSPS) is 10.5. The summed E-state index contributed by atoms with van der Waals surface area (Å²) in [5.74, 6) is -1.01. The second-order valence-electron chi connectivity index (χ2n) is 5.39. The van der Waals surface area contributed by atoms with Crippen molar-refractivity contribution in [2.75, 3.05) is 11.9 Å². The molecule has 0 fully saturated rings. The molecule has 0 saturated carbocycles. The Hall–Kier alpha value is -2.73. The van der Waals surface area contributed by atoms with Gasteiger partial charge >= 0.3 is 5.97 Å². The molecule has 1 N–H and O–H groups in total. The highest BCUT2D eigenvalue weighted by molar-refractivity contribution is 9.10. The first kappa shape index (κ1) is 19.6. The Morgan fingerprint density at radius 1 is 1.04 bits per heavy atom. The van der Waals surface area contributed by atoms with Crippen LogP contribution in [0, 0.1) is 0 Å². The summed E-state index contributed by atoms with van der Waals surface area (Å²) in [5.41, 5.74) is 1.87. The first-order valence-corrected chi connectivity index (χ1v) is 8.80. The van der Waals surface area contributed by atoms with Gasteiger partial charge in [0.05, 0.1) is 0 Å². The molecular weight excluding hydrogens is 398 g/mol. The van der Waals surface area contributed by atoms with Crippen molar-refractivity contribution in [3.63, 3.8) is 0 Å². The highest BCUT2D eigenvalue weighted by Gasteiger charge is 2.09. The van der Waals surface area contributed by atoms with Gasteiger partial charge in [-0.15, -0.1) is 0 Å². The van der Waals surface area contributed by atoms with Gasteiger partial charge in [-0.2, -0.15) is 0 Å². The molecule has 1 amide bonds. The molecule has 2 aromatic carbocycles. The molecule has 6 heteroatoms. The summed E-state index contributed by atoms with van der Waals surface area (Å²) < 4.78 is 5.91. The fourth-order valence-electron chi connectivity index (χ4n) is 2.00. The van der Waals surface area contributed by atoms with E-state index >= 15 is 0 Å². The zero-order chi connectivity index (χ0) is 18.9. The number of ether oxygens (including phenoxy) is 1. The molecule has 0 aromatic heterocycles. The Labute approximate surface area is 160 Å². The van der Waals surface area contributed by atoms with Crippen molar-refractivity contribution >= 4 is 45.4 Å². The molecule has 0 aliphatic rings. The Kier molecular flexibility index (Phi) is 7.29. The van der Waals surface area contributed by atoms with E-state index in [2.05, 4.69) is 21.2 Å². The van der Waals surface area contributed by atoms with Crippen molar-refractivity contribution in [3.05, 3.63) is 70.2 Å². The molecule has 0 unspecified atom stereocenters.